The molecule has 0 spiro atoms. The second kappa shape index (κ2) is 8.44. The van der Waals surface area contributed by atoms with Crippen LogP contribution in [0.1, 0.15) is 5.56 Å². The number of nitrogens with one attached hydrogen (secondary N) is 1. The molecular formula is C22H18N2O5S2. The van der Waals surface area contributed by atoms with Crippen LogP contribution in [-0.4, -0.2) is 33.7 Å². The van der Waals surface area contributed by atoms with E-state index in [4.69, 9.17) is 9.47 Å². The van der Waals surface area contributed by atoms with E-state index in [1.54, 1.807) is 42.5 Å². The Morgan fingerprint density at radius 1 is 0.935 bits per heavy atom. The Hall–Kier alpha value is -3.30. The molecule has 0 radical (unpaired) electrons. The number of sulfonamides is 1. The van der Waals surface area contributed by atoms with E-state index in [-0.39, 0.29) is 15.0 Å². The summed E-state index contributed by atoms with van der Waals surface area (Å²) in [5, 5.41) is 3.86. The largest absolute Gasteiger partial charge is 0.496 e. The summed E-state index contributed by atoms with van der Waals surface area (Å²) in [6.45, 7) is 0. The lowest BCUT2D eigenvalue weighted by Gasteiger charge is -2.09. The first-order chi connectivity index (χ1) is 14.9. The second-order valence-electron chi connectivity index (χ2n) is 6.49. The van der Waals surface area contributed by atoms with Crippen LogP contribution in [0.5, 0.6) is 11.5 Å². The summed E-state index contributed by atoms with van der Waals surface area (Å²) in [7, 11) is -1.01. The molecule has 1 N–H and O–H groups in total. The molecule has 9 heteroatoms. The number of carbonyl (C=O) groups is 1. The Morgan fingerprint density at radius 3 is 2.29 bits per heavy atom. The standard InChI is InChI=1S/C22H18N2O5S2/c1-28-17-10-6-11-18(29-2)16(17)13-19-21(25)23-22(30-19)24-31(26,27)20-12-5-8-14-7-3-4-9-15(14)20/h3-13H,1-2H3,(H,23,24,25). The summed E-state index contributed by atoms with van der Waals surface area (Å²) in [6, 6.07) is 17.4. The fourth-order valence-corrected chi connectivity index (χ4v) is 5.40. The SMILES string of the molecule is COc1cccc(OC)c1C=C1S/C(=N/S(=O)(=O)c2cccc3ccccc23)NC1=O. The summed E-state index contributed by atoms with van der Waals surface area (Å²) in [5.41, 5.74) is 0.573. The molecule has 31 heavy (non-hydrogen) atoms. The van der Waals surface area contributed by atoms with Crippen LogP contribution in [0.2, 0.25) is 0 Å². The Labute approximate surface area is 183 Å². The molecular weight excluding hydrogens is 436 g/mol. The molecule has 0 saturated carbocycles. The minimum absolute atomic E-state index is 0.0157. The number of ether oxygens (including phenoxy) is 2. The Morgan fingerprint density at radius 2 is 1.58 bits per heavy atom. The van der Waals surface area contributed by atoms with Crippen LogP contribution in [0, 0.1) is 0 Å². The number of carbonyl (C=O) groups excluding carboxylic acids is 1. The van der Waals surface area contributed by atoms with Crippen molar-refractivity contribution >= 4 is 49.7 Å². The van der Waals surface area contributed by atoms with Crippen molar-refractivity contribution in [3.05, 3.63) is 71.1 Å². The fraction of sp³-hybridized carbons (Fsp3) is 0.0909. The molecule has 4 rings (SSSR count). The lowest BCUT2D eigenvalue weighted by Crippen LogP contribution is -2.20. The van der Waals surface area contributed by atoms with E-state index in [0.29, 0.717) is 22.4 Å². The van der Waals surface area contributed by atoms with Gasteiger partial charge in [-0.1, -0.05) is 42.5 Å². The van der Waals surface area contributed by atoms with Gasteiger partial charge in [0.2, 0.25) is 0 Å². The number of amides is 1. The Bertz CT molecular complexity index is 1320. The third-order valence-corrected chi connectivity index (χ3v) is 6.98. The van der Waals surface area contributed by atoms with Crippen LogP contribution in [-0.2, 0) is 14.8 Å². The van der Waals surface area contributed by atoms with Crippen molar-refractivity contribution in [2.24, 2.45) is 4.40 Å². The number of fused-ring (bicyclic) bond motifs is 1. The number of rotatable bonds is 5. The number of hydrogen-bond acceptors (Lipinski definition) is 6. The molecule has 1 aliphatic heterocycles. The number of methoxy groups -OCH3 is 2. The molecule has 0 aliphatic carbocycles. The molecule has 1 amide bonds. The molecule has 0 bridgehead atoms. The van der Waals surface area contributed by atoms with E-state index >= 15 is 0 Å². The summed E-state index contributed by atoms with van der Waals surface area (Å²) >= 11 is 0.939. The van der Waals surface area contributed by atoms with Crippen LogP contribution in [0.4, 0.5) is 0 Å². The van der Waals surface area contributed by atoms with Gasteiger partial charge in [-0.2, -0.15) is 8.42 Å². The first kappa shape index (κ1) is 21.0. The maximum Gasteiger partial charge on any atom is 0.285 e. The average molecular weight is 455 g/mol. The number of benzene rings is 3. The van der Waals surface area contributed by atoms with Crippen molar-refractivity contribution in [3.63, 3.8) is 0 Å². The van der Waals surface area contributed by atoms with E-state index < -0.39 is 15.9 Å². The minimum atomic E-state index is -4.04. The van der Waals surface area contributed by atoms with Crippen LogP contribution in [0.3, 0.4) is 0 Å². The maximum absolute atomic E-state index is 13.0. The zero-order valence-electron chi connectivity index (χ0n) is 16.7. The smallest absolute Gasteiger partial charge is 0.285 e. The van der Waals surface area contributed by atoms with Gasteiger partial charge in [-0.05, 0) is 41.4 Å². The summed E-state index contributed by atoms with van der Waals surface area (Å²) < 4.78 is 40.5. The number of thioether (sulfide) groups is 1. The van der Waals surface area contributed by atoms with Gasteiger partial charge < -0.3 is 9.47 Å². The van der Waals surface area contributed by atoms with Crippen LogP contribution in [0.25, 0.3) is 16.8 Å². The number of hydrogen-bond donors (Lipinski definition) is 1. The van der Waals surface area contributed by atoms with E-state index in [1.807, 2.05) is 18.2 Å². The monoisotopic (exact) mass is 454 g/mol. The van der Waals surface area contributed by atoms with E-state index in [2.05, 4.69) is 9.71 Å². The maximum atomic E-state index is 13.0. The molecule has 3 aromatic carbocycles. The average Bonchev–Trinajstić information content (AvgIpc) is 3.11. The molecule has 1 fully saturated rings. The predicted octanol–water partition coefficient (Wildman–Crippen LogP) is 3.81. The Balaban J connectivity index is 1.71. The summed E-state index contributed by atoms with van der Waals surface area (Å²) in [5.74, 6) is 0.591. The molecule has 1 heterocycles. The third-order valence-electron chi connectivity index (χ3n) is 4.62. The lowest BCUT2D eigenvalue weighted by molar-refractivity contribution is -0.115. The molecule has 3 aromatic rings. The van der Waals surface area contributed by atoms with E-state index in [1.165, 1.54) is 20.3 Å². The summed E-state index contributed by atoms with van der Waals surface area (Å²) in [6.07, 6.45) is 1.59. The normalized spacial score (nSPS) is 16.6. The van der Waals surface area contributed by atoms with Crippen molar-refractivity contribution in [1.82, 2.24) is 5.32 Å². The molecule has 158 valence electrons. The van der Waals surface area contributed by atoms with Gasteiger partial charge in [0, 0.05) is 5.39 Å². The lowest BCUT2D eigenvalue weighted by atomic mass is 10.1. The minimum Gasteiger partial charge on any atom is -0.496 e. The molecule has 0 unspecified atom stereocenters. The topological polar surface area (TPSA) is 94.1 Å². The van der Waals surface area contributed by atoms with Gasteiger partial charge in [0.1, 0.15) is 11.5 Å². The van der Waals surface area contributed by atoms with Crippen LogP contribution in [0.15, 0.2) is 74.9 Å². The zero-order valence-corrected chi connectivity index (χ0v) is 18.3. The van der Waals surface area contributed by atoms with Crippen molar-refractivity contribution in [2.45, 2.75) is 4.90 Å². The van der Waals surface area contributed by atoms with Crippen LogP contribution >= 0.6 is 11.8 Å². The summed E-state index contributed by atoms with van der Waals surface area (Å²) in [4.78, 5) is 12.8. The Kier molecular flexibility index (Phi) is 5.71. The van der Waals surface area contributed by atoms with Crippen molar-refractivity contribution < 1.29 is 22.7 Å². The van der Waals surface area contributed by atoms with Crippen molar-refractivity contribution in [2.75, 3.05) is 14.2 Å². The molecule has 1 saturated heterocycles. The molecule has 0 aromatic heterocycles. The van der Waals surface area contributed by atoms with Gasteiger partial charge in [-0.3, -0.25) is 10.1 Å². The van der Waals surface area contributed by atoms with Crippen molar-refractivity contribution in [1.29, 1.82) is 0 Å². The predicted molar refractivity (Wildman–Crippen MR) is 122 cm³/mol. The van der Waals surface area contributed by atoms with E-state index in [9.17, 15) is 13.2 Å². The highest BCUT2D eigenvalue weighted by molar-refractivity contribution is 8.19. The highest BCUT2D eigenvalue weighted by atomic mass is 32.2. The quantitative estimate of drug-likeness (QED) is 0.590. The highest BCUT2D eigenvalue weighted by Crippen LogP contribution is 2.35. The number of nitrogens with zero attached hydrogens (tertiary/aromatic N) is 1. The van der Waals surface area contributed by atoms with Gasteiger partial charge in [0.15, 0.2) is 5.17 Å². The highest BCUT2D eigenvalue weighted by Gasteiger charge is 2.28. The molecule has 7 nitrogen and oxygen atoms in total. The first-order valence-corrected chi connectivity index (χ1v) is 11.4. The molecule has 1 aliphatic rings. The first-order valence-electron chi connectivity index (χ1n) is 9.17. The van der Waals surface area contributed by atoms with Crippen molar-refractivity contribution in [3.8, 4) is 11.5 Å². The van der Waals surface area contributed by atoms with Crippen LogP contribution < -0.4 is 14.8 Å². The second-order valence-corrected chi connectivity index (χ2v) is 9.09. The molecule has 0 atom stereocenters. The van der Waals surface area contributed by atoms with Gasteiger partial charge in [0.25, 0.3) is 15.9 Å². The van der Waals surface area contributed by atoms with Gasteiger partial charge in [-0.25, -0.2) is 0 Å². The zero-order chi connectivity index (χ0) is 22.0. The van der Waals surface area contributed by atoms with Gasteiger partial charge in [0.05, 0.1) is 29.6 Å². The third kappa shape index (κ3) is 4.14. The van der Waals surface area contributed by atoms with Gasteiger partial charge >= 0.3 is 0 Å². The fourth-order valence-electron chi connectivity index (χ4n) is 3.20. The number of amidine groups is 1. The van der Waals surface area contributed by atoms with Gasteiger partial charge in [-0.15, -0.1) is 4.40 Å². The van der Waals surface area contributed by atoms with E-state index in [0.717, 1.165) is 17.1 Å².